The van der Waals surface area contributed by atoms with Gasteiger partial charge in [0, 0.05) is 24.8 Å². The van der Waals surface area contributed by atoms with Gasteiger partial charge in [0.1, 0.15) is 12.4 Å². The van der Waals surface area contributed by atoms with Gasteiger partial charge < -0.3 is 10.1 Å². The molecule has 1 aliphatic rings. The second-order valence-corrected chi connectivity index (χ2v) is 4.56. The summed E-state index contributed by atoms with van der Waals surface area (Å²) in [6.07, 6.45) is 8.61. The fourth-order valence-electron chi connectivity index (χ4n) is 2.03. The number of hydrogen-bond donors (Lipinski definition) is 1. The van der Waals surface area contributed by atoms with Crippen molar-refractivity contribution in [2.45, 2.75) is 31.7 Å². The number of halogens is 1. The Balaban J connectivity index is 1.64. The van der Waals surface area contributed by atoms with Crippen LogP contribution in [-0.4, -0.2) is 24.2 Å². The molecule has 4 heteroatoms. The van der Waals surface area contributed by atoms with Crippen LogP contribution in [0.1, 0.15) is 25.7 Å². The second-order valence-electron chi connectivity index (χ2n) is 4.12. The summed E-state index contributed by atoms with van der Waals surface area (Å²) in [7, 11) is 0. The predicted molar refractivity (Wildman–Crippen MR) is 65.0 cm³/mol. The first kappa shape index (κ1) is 11.7. The molecule has 0 aromatic carbocycles. The van der Waals surface area contributed by atoms with E-state index in [1.807, 2.05) is 0 Å². The summed E-state index contributed by atoms with van der Waals surface area (Å²) < 4.78 is 5.54. The Morgan fingerprint density at radius 2 is 2.19 bits per heavy atom. The molecule has 1 aromatic heterocycles. The molecular weight excluding hydrogens is 224 g/mol. The van der Waals surface area contributed by atoms with E-state index in [9.17, 15) is 0 Å². The molecule has 0 amide bonds. The Morgan fingerprint density at radius 1 is 1.38 bits per heavy atom. The van der Waals surface area contributed by atoms with Crippen LogP contribution in [-0.2, 0) is 0 Å². The number of aromatic nitrogens is 1. The number of rotatable bonds is 5. The normalized spacial score (nSPS) is 16.6. The average Bonchev–Trinajstić information content (AvgIpc) is 2.77. The molecule has 2 rings (SSSR count). The van der Waals surface area contributed by atoms with Crippen LogP contribution in [0, 0.1) is 0 Å². The third-order valence-corrected chi connectivity index (χ3v) is 3.05. The molecule has 1 aromatic rings. The van der Waals surface area contributed by atoms with Crippen LogP contribution in [0.25, 0.3) is 0 Å². The van der Waals surface area contributed by atoms with Gasteiger partial charge in [0.2, 0.25) is 0 Å². The zero-order valence-electron chi connectivity index (χ0n) is 9.29. The summed E-state index contributed by atoms with van der Waals surface area (Å²) in [5.74, 6) is 0.737. The van der Waals surface area contributed by atoms with Gasteiger partial charge in [-0.25, -0.2) is 0 Å². The molecule has 0 unspecified atom stereocenters. The van der Waals surface area contributed by atoms with Crippen molar-refractivity contribution >= 4 is 11.6 Å². The maximum absolute atomic E-state index is 5.80. The van der Waals surface area contributed by atoms with Crippen LogP contribution >= 0.6 is 11.6 Å². The lowest BCUT2D eigenvalue weighted by atomic mass is 10.2. The molecule has 1 N–H and O–H groups in total. The summed E-state index contributed by atoms with van der Waals surface area (Å²) in [5.41, 5.74) is 0. The Kier molecular flexibility index (Phi) is 4.43. The summed E-state index contributed by atoms with van der Waals surface area (Å²) in [6, 6.07) is 2.48. The van der Waals surface area contributed by atoms with Gasteiger partial charge in [-0.1, -0.05) is 24.4 Å². The summed E-state index contributed by atoms with van der Waals surface area (Å²) in [5, 5.41) is 4.10. The highest BCUT2D eigenvalue weighted by Gasteiger charge is 2.13. The Labute approximate surface area is 101 Å². The van der Waals surface area contributed by atoms with Crippen LogP contribution in [0.4, 0.5) is 0 Å². The maximum atomic E-state index is 5.80. The van der Waals surface area contributed by atoms with Crippen molar-refractivity contribution in [3.8, 4) is 5.75 Å². The highest BCUT2D eigenvalue weighted by atomic mass is 35.5. The molecule has 0 saturated heterocycles. The standard InChI is InChI=1S/C12H17ClN2O/c13-10-7-12(9-14-8-10)16-6-5-15-11-3-1-2-4-11/h7-9,11,15H,1-6H2. The third kappa shape index (κ3) is 3.65. The lowest BCUT2D eigenvalue weighted by Gasteiger charge is -2.12. The first-order chi connectivity index (χ1) is 7.84. The Morgan fingerprint density at radius 3 is 2.94 bits per heavy atom. The first-order valence-corrected chi connectivity index (χ1v) is 6.19. The molecule has 1 saturated carbocycles. The molecule has 3 nitrogen and oxygen atoms in total. The molecule has 0 bridgehead atoms. The molecule has 1 fully saturated rings. The molecule has 88 valence electrons. The Hall–Kier alpha value is -0.800. The van der Waals surface area contributed by atoms with E-state index < -0.39 is 0 Å². The van der Waals surface area contributed by atoms with Crippen molar-refractivity contribution in [3.63, 3.8) is 0 Å². The van der Waals surface area contributed by atoms with Gasteiger partial charge in [-0.15, -0.1) is 0 Å². The Bertz CT molecular complexity index is 327. The number of pyridine rings is 1. The largest absolute Gasteiger partial charge is 0.491 e. The van der Waals surface area contributed by atoms with Crippen molar-refractivity contribution in [1.29, 1.82) is 0 Å². The number of ether oxygens (including phenoxy) is 1. The minimum atomic E-state index is 0.612. The third-order valence-electron chi connectivity index (χ3n) is 2.84. The van der Waals surface area contributed by atoms with E-state index in [1.165, 1.54) is 25.7 Å². The quantitative estimate of drug-likeness (QED) is 0.804. The van der Waals surface area contributed by atoms with Crippen LogP contribution < -0.4 is 10.1 Å². The van der Waals surface area contributed by atoms with Gasteiger partial charge in [0.05, 0.1) is 11.2 Å². The minimum Gasteiger partial charge on any atom is -0.491 e. The van der Waals surface area contributed by atoms with Crippen LogP contribution in [0.5, 0.6) is 5.75 Å². The van der Waals surface area contributed by atoms with Crippen molar-refractivity contribution < 1.29 is 4.74 Å². The number of hydrogen-bond acceptors (Lipinski definition) is 3. The minimum absolute atomic E-state index is 0.612. The van der Waals surface area contributed by atoms with Crippen LogP contribution in [0.2, 0.25) is 5.02 Å². The lowest BCUT2D eigenvalue weighted by Crippen LogP contribution is -2.30. The van der Waals surface area contributed by atoms with Gasteiger partial charge in [0.15, 0.2) is 0 Å². The van der Waals surface area contributed by atoms with E-state index in [2.05, 4.69) is 10.3 Å². The molecule has 16 heavy (non-hydrogen) atoms. The van der Waals surface area contributed by atoms with E-state index in [0.717, 1.165) is 12.3 Å². The number of nitrogens with one attached hydrogen (secondary N) is 1. The molecular formula is C12H17ClN2O. The van der Waals surface area contributed by atoms with E-state index in [1.54, 1.807) is 18.5 Å². The smallest absolute Gasteiger partial charge is 0.139 e. The van der Waals surface area contributed by atoms with Gasteiger partial charge in [-0.2, -0.15) is 0 Å². The van der Waals surface area contributed by atoms with Gasteiger partial charge in [-0.05, 0) is 12.8 Å². The van der Waals surface area contributed by atoms with E-state index >= 15 is 0 Å². The van der Waals surface area contributed by atoms with Gasteiger partial charge in [0.25, 0.3) is 0 Å². The van der Waals surface area contributed by atoms with Crippen molar-refractivity contribution in [2.75, 3.05) is 13.2 Å². The summed E-state index contributed by atoms with van der Waals surface area (Å²) in [6.45, 7) is 1.55. The van der Waals surface area contributed by atoms with Crippen molar-refractivity contribution in [3.05, 3.63) is 23.5 Å². The highest BCUT2D eigenvalue weighted by Crippen LogP contribution is 2.17. The first-order valence-electron chi connectivity index (χ1n) is 5.81. The van der Waals surface area contributed by atoms with Crippen molar-refractivity contribution in [1.82, 2.24) is 10.3 Å². The van der Waals surface area contributed by atoms with Crippen molar-refractivity contribution in [2.24, 2.45) is 0 Å². The van der Waals surface area contributed by atoms with Crippen LogP contribution in [0.15, 0.2) is 18.5 Å². The fourth-order valence-corrected chi connectivity index (χ4v) is 2.20. The molecule has 0 atom stereocenters. The summed E-state index contributed by atoms with van der Waals surface area (Å²) in [4.78, 5) is 3.96. The number of nitrogens with zero attached hydrogens (tertiary/aromatic N) is 1. The zero-order valence-corrected chi connectivity index (χ0v) is 10.0. The monoisotopic (exact) mass is 240 g/mol. The second kappa shape index (κ2) is 6.06. The summed E-state index contributed by atoms with van der Waals surface area (Å²) >= 11 is 5.80. The highest BCUT2D eigenvalue weighted by molar-refractivity contribution is 6.30. The van der Waals surface area contributed by atoms with E-state index in [0.29, 0.717) is 17.7 Å². The van der Waals surface area contributed by atoms with Gasteiger partial charge in [-0.3, -0.25) is 4.98 Å². The molecule has 1 heterocycles. The molecule has 0 aliphatic heterocycles. The topological polar surface area (TPSA) is 34.1 Å². The average molecular weight is 241 g/mol. The molecule has 0 radical (unpaired) electrons. The molecule has 0 spiro atoms. The lowest BCUT2D eigenvalue weighted by molar-refractivity contribution is 0.304. The molecule has 1 aliphatic carbocycles. The van der Waals surface area contributed by atoms with E-state index in [-0.39, 0.29) is 0 Å². The van der Waals surface area contributed by atoms with E-state index in [4.69, 9.17) is 16.3 Å². The maximum Gasteiger partial charge on any atom is 0.139 e. The van der Waals surface area contributed by atoms with Crippen LogP contribution in [0.3, 0.4) is 0 Å². The zero-order chi connectivity index (χ0) is 11.2. The van der Waals surface area contributed by atoms with Gasteiger partial charge >= 0.3 is 0 Å². The fraction of sp³-hybridized carbons (Fsp3) is 0.583. The SMILES string of the molecule is Clc1cncc(OCCNC2CCCC2)c1. The predicted octanol–water partition coefficient (Wildman–Crippen LogP) is 2.65.